The Balaban J connectivity index is 2.34. The first-order valence-electron chi connectivity index (χ1n) is 5.82. The van der Waals surface area contributed by atoms with Gasteiger partial charge in [0.15, 0.2) is 0 Å². The smallest absolute Gasteiger partial charge is 0.0194 e. The third-order valence-corrected chi connectivity index (χ3v) is 3.92. The second-order valence-corrected chi connectivity index (χ2v) is 4.89. The Morgan fingerprint density at radius 3 is 2.35 bits per heavy atom. The molecule has 0 aromatic heterocycles. The maximum atomic E-state index is 3.86. The minimum Gasteiger partial charge on any atom is -0.0984 e. The minimum absolute atomic E-state index is 1.07. The third kappa shape index (κ3) is 2.80. The van der Waals surface area contributed by atoms with E-state index in [4.69, 9.17) is 0 Å². The van der Waals surface area contributed by atoms with Gasteiger partial charge >= 0.3 is 0 Å². The summed E-state index contributed by atoms with van der Waals surface area (Å²) in [6.07, 6.45) is 2.98. The fraction of sp³-hybridized carbons (Fsp3) is 0.125. The topological polar surface area (TPSA) is 0 Å². The predicted octanol–water partition coefficient (Wildman–Crippen LogP) is 5.04. The molecule has 86 valence electrons. The molecule has 0 fully saturated rings. The van der Waals surface area contributed by atoms with Crippen molar-refractivity contribution in [1.29, 1.82) is 0 Å². The molecule has 0 radical (unpaired) electrons. The fourth-order valence-corrected chi connectivity index (χ4v) is 2.90. The first-order valence-corrected chi connectivity index (χ1v) is 6.64. The van der Waals surface area contributed by atoms with Gasteiger partial charge in [-0.2, -0.15) is 0 Å². The zero-order chi connectivity index (χ0) is 12.1. The highest BCUT2D eigenvalue weighted by atomic mass is 32.2. The second-order valence-electron chi connectivity index (χ2n) is 3.81. The molecular weight excluding hydrogens is 224 g/mol. The summed E-state index contributed by atoms with van der Waals surface area (Å²) in [6.45, 7) is 6.06. The maximum absolute atomic E-state index is 3.86. The maximum Gasteiger partial charge on any atom is 0.0194 e. The Labute approximate surface area is 107 Å². The van der Waals surface area contributed by atoms with Crippen molar-refractivity contribution in [2.24, 2.45) is 0 Å². The number of benzene rings is 2. The van der Waals surface area contributed by atoms with Gasteiger partial charge in [-0.25, -0.2) is 0 Å². The van der Waals surface area contributed by atoms with Crippen LogP contribution in [0.5, 0.6) is 0 Å². The summed E-state index contributed by atoms with van der Waals surface area (Å²) in [7, 11) is 0. The lowest BCUT2D eigenvalue weighted by Gasteiger charge is -2.09. The molecule has 0 N–H and O–H groups in total. The monoisotopic (exact) mass is 240 g/mol. The second kappa shape index (κ2) is 5.74. The summed E-state index contributed by atoms with van der Waals surface area (Å²) >= 11 is 1.82. The summed E-state index contributed by atoms with van der Waals surface area (Å²) < 4.78 is 0. The van der Waals surface area contributed by atoms with Gasteiger partial charge in [0.25, 0.3) is 0 Å². The van der Waals surface area contributed by atoms with Gasteiger partial charge in [0.2, 0.25) is 0 Å². The van der Waals surface area contributed by atoms with Gasteiger partial charge < -0.3 is 0 Å². The largest absolute Gasteiger partial charge is 0.0984 e. The van der Waals surface area contributed by atoms with Gasteiger partial charge in [-0.3, -0.25) is 0 Å². The van der Waals surface area contributed by atoms with Crippen molar-refractivity contribution in [3.8, 4) is 0 Å². The van der Waals surface area contributed by atoms with Crippen molar-refractivity contribution in [2.45, 2.75) is 23.1 Å². The molecule has 0 amide bonds. The molecular formula is C16H16S. The molecule has 0 atom stereocenters. The van der Waals surface area contributed by atoms with Gasteiger partial charge in [0, 0.05) is 9.79 Å². The highest BCUT2D eigenvalue weighted by Crippen LogP contribution is 2.33. The predicted molar refractivity (Wildman–Crippen MR) is 76.5 cm³/mol. The summed E-state index contributed by atoms with van der Waals surface area (Å²) in [5, 5.41) is 0. The molecule has 17 heavy (non-hydrogen) atoms. The molecule has 0 heterocycles. The van der Waals surface area contributed by atoms with E-state index in [9.17, 15) is 0 Å². The van der Waals surface area contributed by atoms with Gasteiger partial charge in [0.05, 0.1) is 0 Å². The van der Waals surface area contributed by atoms with E-state index in [0.29, 0.717) is 0 Å². The molecule has 2 aromatic rings. The molecule has 0 aliphatic heterocycles. The molecule has 0 saturated heterocycles. The van der Waals surface area contributed by atoms with E-state index >= 15 is 0 Å². The molecule has 0 unspecified atom stereocenters. The van der Waals surface area contributed by atoms with Gasteiger partial charge in [-0.1, -0.05) is 67.7 Å². The SMILES string of the molecule is C=Cc1ccccc1Sc1ccccc1CC. The average Bonchev–Trinajstić information content (AvgIpc) is 2.40. The Hall–Kier alpha value is -1.47. The quantitative estimate of drug-likeness (QED) is 0.721. The molecule has 2 rings (SSSR count). The standard InChI is InChI=1S/C16H16S/c1-3-13-9-5-7-11-15(13)17-16-12-8-6-10-14(16)4-2/h3,5-12H,1,4H2,2H3. The Morgan fingerprint density at radius 1 is 1.00 bits per heavy atom. The van der Waals surface area contributed by atoms with Crippen LogP contribution in [0.1, 0.15) is 18.1 Å². The van der Waals surface area contributed by atoms with Crippen molar-refractivity contribution >= 4 is 17.8 Å². The van der Waals surface area contributed by atoms with Crippen molar-refractivity contribution in [3.05, 3.63) is 66.2 Å². The van der Waals surface area contributed by atoms with E-state index in [2.05, 4.69) is 56.0 Å². The van der Waals surface area contributed by atoms with Gasteiger partial charge in [-0.05, 0) is 29.7 Å². The van der Waals surface area contributed by atoms with Crippen LogP contribution in [0.25, 0.3) is 6.08 Å². The first kappa shape index (κ1) is 12.0. The first-order chi connectivity index (χ1) is 8.35. The van der Waals surface area contributed by atoms with Crippen molar-refractivity contribution in [1.82, 2.24) is 0 Å². The zero-order valence-corrected chi connectivity index (χ0v) is 10.8. The molecule has 2 aromatic carbocycles. The molecule has 0 bridgehead atoms. The van der Waals surface area contributed by atoms with Crippen molar-refractivity contribution in [3.63, 3.8) is 0 Å². The van der Waals surface area contributed by atoms with E-state index in [-0.39, 0.29) is 0 Å². The van der Waals surface area contributed by atoms with Crippen LogP contribution < -0.4 is 0 Å². The van der Waals surface area contributed by atoms with Crippen LogP contribution in [0.2, 0.25) is 0 Å². The Bertz CT molecular complexity index is 514. The fourth-order valence-electron chi connectivity index (χ4n) is 1.76. The Kier molecular flexibility index (Phi) is 4.05. The van der Waals surface area contributed by atoms with Crippen LogP contribution >= 0.6 is 11.8 Å². The van der Waals surface area contributed by atoms with Crippen molar-refractivity contribution < 1.29 is 0 Å². The summed E-state index contributed by atoms with van der Waals surface area (Å²) in [5.41, 5.74) is 2.60. The third-order valence-electron chi connectivity index (χ3n) is 2.71. The molecule has 0 nitrogen and oxygen atoms in total. The molecule has 0 aliphatic rings. The molecule has 0 aliphatic carbocycles. The zero-order valence-electron chi connectivity index (χ0n) is 10.0. The Morgan fingerprint density at radius 2 is 1.65 bits per heavy atom. The average molecular weight is 240 g/mol. The highest BCUT2D eigenvalue weighted by Gasteiger charge is 2.04. The van der Waals surface area contributed by atoms with Crippen LogP contribution in [0.15, 0.2) is 64.9 Å². The number of hydrogen-bond acceptors (Lipinski definition) is 1. The van der Waals surface area contributed by atoms with E-state index in [1.165, 1.54) is 20.9 Å². The number of aryl methyl sites for hydroxylation is 1. The summed E-state index contributed by atoms with van der Waals surface area (Å²) in [6, 6.07) is 16.9. The van der Waals surface area contributed by atoms with Crippen LogP contribution in [0, 0.1) is 0 Å². The van der Waals surface area contributed by atoms with E-state index in [1.807, 2.05) is 23.9 Å². The van der Waals surface area contributed by atoms with Crippen LogP contribution in [0.3, 0.4) is 0 Å². The van der Waals surface area contributed by atoms with E-state index in [0.717, 1.165) is 6.42 Å². The lowest BCUT2D eigenvalue weighted by Crippen LogP contribution is -1.85. The lowest BCUT2D eigenvalue weighted by atomic mass is 10.2. The van der Waals surface area contributed by atoms with Gasteiger partial charge in [0.1, 0.15) is 0 Å². The molecule has 0 spiro atoms. The van der Waals surface area contributed by atoms with Crippen molar-refractivity contribution in [2.75, 3.05) is 0 Å². The van der Waals surface area contributed by atoms with E-state index < -0.39 is 0 Å². The minimum atomic E-state index is 1.07. The van der Waals surface area contributed by atoms with E-state index in [1.54, 1.807) is 0 Å². The summed E-state index contributed by atoms with van der Waals surface area (Å²) in [4.78, 5) is 2.60. The van der Waals surface area contributed by atoms with Crippen LogP contribution in [0.4, 0.5) is 0 Å². The molecule has 0 saturated carbocycles. The lowest BCUT2D eigenvalue weighted by molar-refractivity contribution is 1.08. The molecule has 1 heteroatoms. The number of rotatable bonds is 4. The van der Waals surface area contributed by atoms with Crippen LogP contribution in [-0.4, -0.2) is 0 Å². The normalized spacial score (nSPS) is 10.2. The van der Waals surface area contributed by atoms with Gasteiger partial charge in [-0.15, -0.1) is 0 Å². The summed E-state index contributed by atoms with van der Waals surface area (Å²) in [5.74, 6) is 0. The van der Waals surface area contributed by atoms with Crippen LogP contribution in [-0.2, 0) is 6.42 Å². The highest BCUT2D eigenvalue weighted by molar-refractivity contribution is 7.99. The number of hydrogen-bond donors (Lipinski definition) is 0.